The van der Waals surface area contributed by atoms with Crippen molar-refractivity contribution < 1.29 is 25.6 Å². The Balaban J connectivity index is 0.00000136. The molecule has 0 bridgehead atoms. The van der Waals surface area contributed by atoms with Crippen molar-refractivity contribution in [3.05, 3.63) is 75.1 Å². The predicted molar refractivity (Wildman–Crippen MR) is 174 cm³/mol. The van der Waals surface area contributed by atoms with E-state index in [0.29, 0.717) is 36.6 Å². The normalized spacial score (nSPS) is 19.2. The van der Waals surface area contributed by atoms with Crippen molar-refractivity contribution in [2.45, 2.75) is 84.9 Å². The Labute approximate surface area is 263 Å². The molecule has 2 N–H and O–H groups in total. The van der Waals surface area contributed by atoms with Gasteiger partial charge in [0.15, 0.2) is 6.10 Å². The summed E-state index contributed by atoms with van der Waals surface area (Å²) in [4.78, 5) is 45.7. The highest BCUT2D eigenvalue weighted by molar-refractivity contribution is 6.09. The van der Waals surface area contributed by atoms with Gasteiger partial charge in [-0.3, -0.25) is 9.69 Å². The maximum absolute atomic E-state index is 13.6. The SMILES string of the molecule is CC.CC(C)(C)OC(=O)NC1CCCN(Cc2c3c(nc4ccc5ccccc5c24)-c2cc4c(c(=O)n2C3)COC(=O)C4O)C1.[HH]. The smallest absolute Gasteiger partial charge is 0.407 e. The number of nitrogens with zero attached hydrogens (tertiary/aromatic N) is 3. The first kappa shape index (κ1) is 30.7. The number of ether oxygens (including phenoxy) is 2. The third-order valence-corrected chi connectivity index (χ3v) is 8.57. The average Bonchev–Trinajstić information content (AvgIpc) is 3.38. The summed E-state index contributed by atoms with van der Waals surface area (Å²) < 4.78 is 12.3. The number of nitrogens with one attached hydrogen (secondary N) is 1. The van der Waals surface area contributed by atoms with Crippen molar-refractivity contribution in [2.75, 3.05) is 13.1 Å². The molecule has 4 aromatic rings. The number of carbonyl (C=O) groups is 2. The summed E-state index contributed by atoms with van der Waals surface area (Å²) in [5.41, 5.74) is 3.86. The highest BCUT2D eigenvalue weighted by Gasteiger charge is 2.35. The number of rotatable bonds is 3. The van der Waals surface area contributed by atoms with Crippen molar-refractivity contribution >= 4 is 33.7 Å². The summed E-state index contributed by atoms with van der Waals surface area (Å²) in [6, 6.07) is 14.0. The van der Waals surface area contributed by atoms with E-state index in [1.165, 1.54) is 0 Å². The van der Waals surface area contributed by atoms with Gasteiger partial charge in [-0.1, -0.05) is 44.2 Å². The number of aromatic nitrogens is 2. The Bertz CT molecular complexity index is 1880. The lowest BCUT2D eigenvalue weighted by molar-refractivity contribution is -0.157. The Morgan fingerprint density at radius 1 is 1.16 bits per heavy atom. The van der Waals surface area contributed by atoms with Crippen molar-refractivity contribution in [3.63, 3.8) is 0 Å². The second-order valence-corrected chi connectivity index (χ2v) is 12.7. The molecule has 3 aliphatic heterocycles. The standard InChI is InChI=1S/C33H34N4O6.C2H6.H2/c1-33(2,3)43-32(41)34-19-8-6-12-36(14-19)15-22-23-16-37-26(13-21-24(30(37)39)17-42-31(40)29(21)38)28(23)35-25-11-10-18-7-4-5-9-20(18)27(22)25;1-2;/h4-5,7,9-11,13,19,29,38H,6,8,12,14-17H2,1-3H3,(H,34,41);1-2H3;1H. The molecule has 2 atom stereocenters. The van der Waals surface area contributed by atoms with Gasteiger partial charge in [0.1, 0.15) is 12.2 Å². The summed E-state index contributed by atoms with van der Waals surface area (Å²) in [5.74, 6) is -0.756. The molecular weight excluding hydrogens is 572 g/mol. The number of hydrogen-bond acceptors (Lipinski definition) is 8. The second kappa shape index (κ2) is 11.9. The number of fused-ring (bicyclic) bond motifs is 7. The van der Waals surface area contributed by atoms with Gasteiger partial charge in [0.05, 0.1) is 29.0 Å². The highest BCUT2D eigenvalue weighted by Crippen LogP contribution is 2.40. The Morgan fingerprint density at radius 2 is 1.93 bits per heavy atom. The van der Waals surface area contributed by atoms with Gasteiger partial charge in [-0.15, -0.1) is 0 Å². The maximum Gasteiger partial charge on any atom is 0.407 e. The number of aliphatic hydroxyl groups excluding tert-OH is 1. The molecule has 1 amide bonds. The quantitative estimate of drug-likeness (QED) is 0.204. The van der Waals surface area contributed by atoms with Crippen molar-refractivity contribution in [3.8, 4) is 11.4 Å². The third kappa shape index (κ3) is 5.68. The van der Waals surface area contributed by atoms with E-state index in [0.717, 1.165) is 52.2 Å². The van der Waals surface area contributed by atoms with E-state index >= 15 is 0 Å². The molecule has 0 spiro atoms. The van der Waals surface area contributed by atoms with Gasteiger partial charge >= 0.3 is 12.1 Å². The Morgan fingerprint density at radius 3 is 2.71 bits per heavy atom. The highest BCUT2D eigenvalue weighted by atomic mass is 16.6. The number of benzene rings is 2. The molecule has 1 saturated heterocycles. The monoisotopic (exact) mass is 614 g/mol. The van der Waals surface area contributed by atoms with E-state index in [-0.39, 0.29) is 25.2 Å². The molecular formula is C35H42N4O6. The number of hydrogen-bond donors (Lipinski definition) is 2. The lowest BCUT2D eigenvalue weighted by atomic mass is 9.94. The molecule has 3 aliphatic rings. The first-order valence-electron chi connectivity index (χ1n) is 15.7. The van der Waals surface area contributed by atoms with E-state index in [9.17, 15) is 19.5 Å². The van der Waals surface area contributed by atoms with Gasteiger partial charge < -0.3 is 24.5 Å². The second-order valence-electron chi connectivity index (χ2n) is 12.7. The number of esters is 1. The van der Waals surface area contributed by atoms with Crippen LogP contribution in [-0.4, -0.2) is 56.4 Å². The van der Waals surface area contributed by atoms with Crippen LogP contribution >= 0.6 is 0 Å². The third-order valence-electron chi connectivity index (χ3n) is 8.57. The average molecular weight is 615 g/mol. The van der Waals surface area contributed by atoms with Crippen molar-refractivity contribution in [1.82, 2.24) is 19.8 Å². The molecule has 2 aromatic carbocycles. The van der Waals surface area contributed by atoms with Crippen molar-refractivity contribution in [1.29, 1.82) is 0 Å². The number of pyridine rings is 2. The number of cyclic esters (lactones) is 1. The molecule has 0 aliphatic carbocycles. The lowest BCUT2D eigenvalue weighted by Crippen LogP contribution is -2.48. The summed E-state index contributed by atoms with van der Waals surface area (Å²) >= 11 is 0. The van der Waals surface area contributed by atoms with Crippen LogP contribution in [0.1, 0.15) is 77.2 Å². The molecule has 7 rings (SSSR count). The van der Waals surface area contributed by atoms with Crippen LogP contribution in [0.2, 0.25) is 0 Å². The number of amides is 1. The number of likely N-dealkylation sites (tertiary alicyclic amines) is 1. The fraction of sp³-hybridized carbons (Fsp3) is 0.429. The number of piperidine rings is 1. The molecule has 1 fully saturated rings. The fourth-order valence-electron chi connectivity index (χ4n) is 6.68. The molecule has 5 heterocycles. The Kier molecular flexibility index (Phi) is 8.13. The van der Waals surface area contributed by atoms with Crippen LogP contribution in [0.15, 0.2) is 47.3 Å². The minimum absolute atomic E-state index is 0. The largest absolute Gasteiger partial charge is 0.458 e. The van der Waals surface area contributed by atoms with Gasteiger partial charge in [0, 0.05) is 37.1 Å². The summed E-state index contributed by atoms with van der Waals surface area (Å²) in [7, 11) is 0. The summed E-state index contributed by atoms with van der Waals surface area (Å²) in [6.07, 6.45) is -0.129. The zero-order valence-corrected chi connectivity index (χ0v) is 26.5. The van der Waals surface area contributed by atoms with Gasteiger partial charge in [0.2, 0.25) is 0 Å². The number of carbonyl (C=O) groups excluding carboxylic acids is 2. The molecule has 10 heteroatoms. The number of alkyl carbamates (subject to hydrolysis) is 1. The van der Waals surface area contributed by atoms with Crippen LogP contribution < -0.4 is 10.9 Å². The van der Waals surface area contributed by atoms with E-state index in [4.69, 9.17) is 14.5 Å². The lowest BCUT2D eigenvalue weighted by Gasteiger charge is -2.34. The minimum atomic E-state index is -1.50. The van der Waals surface area contributed by atoms with E-state index in [1.807, 2.05) is 52.8 Å². The first-order valence-corrected chi connectivity index (χ1v) is 15.7. The van der Waals surface area contributed by atoms with Gasteiger partial charge in [0.25, 0.3) is 5.56 Å². The molecule has 2 aromatic heterocycles. The Hall–Kier alpha value is -4.28. The van der Waals surface area contributed by atoms with Crippen LogP contribution in [0.25, 0.3) is 33.1 Å². The van der Waals surface area contributed by atoms with Crippen LogP contribution in [0.4, 0.5) is 4.79 Å². The van der Waals surface area contributed by atoms with Gasteiger partial charge in [-0.2, -0.15) is 0 Å². The zero-order valence-electron chi connectivity index (χ0n) is 26.5. The topological polar surface area (TPSA) is 123 Å². The van der Waals surface area contributed by atoms with Gasteiger partial charge in [-0.25, -0.2) is 14.6 Å². The minimum Gasteiger partial charge on any atom is -0.458 e. The maximum atomic E-state index is 13.6. The summed E-state index contributed by atoms with van der Waals surface area (Å²) in [6.45, 7) is 11.9. The zero-order chi connectivity index (χ0) is 32.0. The van der Waals surface area contributed by atoms with Crippen LogP contribution in [0.3, 0.4) is 0 Å². The summed E-state index contributed by atoms with van der Waals surface area (Å²) in [5, 5.41) is 16.8. The predicted octanol–water partition coefficient (Wildman–Crippen LogP) is 5.43. The van der Waals surface area contributed by atoms with E-state index < -0.39 is 23.8 Å². The van der Waals surface area contributed by atoms with Crippen molar-refractivity contribution in [2.24, 2.45) is 0 Å². The first-order chi connectivity index (χ1) is 21.6. The molecule has 2 unspecified atom stereocenters. The van der Waals surface area contributed by atoms with Crippen LogP contribution in [-0.2, 0) is 34.0 Å². The molecule has 0 radical (unpaired) electrons. The molecule has 45 heavy (non-hydrogen) atoms. The number of aliphatic hydroxyl groups is 1. The van der Waals surface area contributed by atoms with E-state index in [1.54, 1.807) is 10.6 Å². The fourth-order valence-corrected chi connectivity index (χ4v) is 6.68. The molecule has 10 nitrogen and oxygen atoms in total. The molecule has 238 valence electrons. The van der Waals surface area contributed by atoms with Crippen LogP contribution in [0, 0.1) is 0 Å². The van der Waals surface area contributed by atoms with Crippen LogP contribution in [0.5, 0.6) is 0 Å². The van der Waals surface area contributed by atoms with Gasteiger partial charge in [-0.05, 0) is 68.6 Å². The molecule has 0 saturated carbocycles. The van der Waals surface area contributed by atoms with E-state index in [2.05, 4.69) is 28.4 Å².